The van der Waals surface area contributed by atoms with Crippen molar-refractivity contribution in [2.24, 2.45) is 0 Å². The maximum absolute atomic E-state index is 10.9. The lowest BCUT2D eigenvalue weighted by atomic mass is 10.3. The van der Waals surface area contributed by atoms with Crippen molar-refractivity contribution in [2.75, 3.05) is 13.2 Å². The van der Waals surface area contributed by atoms with Crippen LogP contribution >= 0.6 is 0 Å². The lowest BCUT2D eigenvalue weighted by molar-refractivity contribution is -0.151. The molecule has 15 heavy (non-hydrogen) atoms. The largest absolute Gasteiger partial charge is 0.462 e. The van der Waals surface area contributed by atoms with Crippen LogP contribution in [0.1, 0.15) is 20.3 Å². The summed E-state index contributed by atoms with van der Waals surface area (Å²) in [5, 5.41) is 8.84. The van der Waals surface area contributed by atoms with Gasteiger partial charge in [-0.3, -0.25) is 4.79 Å². The average Bonchev–Trinajstić information content (AvgIpc) is 2.10. The Kier molecular flexibility index (Phi) is 6.37. The summed E-state index contributed by atoms with van der Waals surface area (Å²) in [5.41, 5.74) is 0.297. The van der Waals surface area contributed by atoms with Gasteiger partial charge in [-0.1, -0.05) is 6.58 Å². The molecule has 0 aliphatic carbocycles. The van der Waals surface area contributed by atoms with Crippen LogP contribution in [0.25, 0.3) is 0 Å². The van der Waals surface area contributed by atoms with Crippen LogP contribution < -0.4 is 0 Å². The molecule has 0 saturated carbocycles. The van der Waals surface area contributed by atoms with Gasteiger partial charge in [0.15, 0.2) is 0 Å². The van der Waals surface area contributed by atoms with Gasteiger partial charge >= 0.3 is 11.9 Å². The Morgan fingerprint density at radius 2 is 1.87 bits per heavy atom. The van der Waals surface area contributed by atoms with E-state index in [0.717, 1.165) is 0 Å². The number of carbonyl (C=O) groups is 2. The molecule has 0 bridgehead atoms. The number of aliphatic hydroxyl groups is 1. The molecule has 0 saturated heterocycles. The Bertz CT molecular complexity index is 244. The third-order valence-electron chi connectivity index (χ3n) is 1.39. The van der Waals surface area contributed by atoms with Gasteiger partial charge in [0.2, 0.25) is 0 Å². The number of hydrogen-bond acceptors (Lipinski definition) is 5. The maximum Gasteiger partial charge on any atom is 0.333 e. The molecule has 0 fully saturated rings. The van der Waals surface area contributed by atoms with Crippen molar-refractivity contribution >= 4 is 11.9 Å². The Morgan fingerprint density at radius 1 is 1.33 bits per heavy atom. The van der Waals surface area contributed by atoms with Crippen LogP contribution in [-0.4, -0.2) is 36.4 Å². The van der Waals surface area contributed by atoms with Crippen LogP contribution in [0.15, 0.2) is 12.2 Å². The van der Waals surface area contributed by atoms with Gasteiger partial charge in [-0.25, -0.2) is 4.79 Å². The second-order valence-electron chi connectivity index (χ2n) is 3.19. The molecule has 0 rings (SSSR count). The van der Waals surface area contributed by atoms with Crippen molar-refractivity contribution in [3.63, 3.8) is 0 Å². The molecule has 86 valence electrons. The predicted molar refractivity (Wildman–Crippen MR) is 53.0 cm³/mol. The fraction of sp³-hybridized carbons (Fsp3) is 0.600. The quantitative estimate of drug-likeness (QED) is 0.396. The van der Waals surface area contributed by atoms with Gasteiger partial charge in [-0.15, -0.1) is 0 Å². The molecule has 1 N–H and O–H groups in total. The molecule has 0 amide bonds. The van der Waals surface area contributed by atoms with Crippen LogP contribution in [0.3, 0.4) is 0 Å². The normalized spacial score (nSPS) is 11.7. The van der Waals surface area contributed by atoms with Crippen molar-refractivity contribution in [2.45, 2.75) is 26.4 Å². The number of ether oxygens (including phenoxy) is 2. The van der Waals surface area contributed by atoms with E-state index in [4.69, 9.17) is 5.11 Å². The number of carbonyl (C=O) groups excluding carboxylic acids is 2. The highest BCUT2D eigenvalue weighted by molar-refractivity contribution is 5.86. The monoisotopic (exact) mass is 216 g/mol. The zero-order chi connectivity index (χ0) is 11.8. The SMILES string of the molecule is C=C(C)C(=O)OCCOC(=O)CC(C)O. The summed E-state index contributed by atoms with van der Waals surface area (Å²) in [6.07, 6.45) is -0.787. The second-order valence-corrected chi connectivity index (χ2v) is 3.19. The van der Waals surface area contributed by atoms with Crippen molar-refractivity contribution in [1.82, 2.24) is 0 Å². The van der Waals surface area contributed by atoms with Crippen molar-refractivity contribution < 1.29 is 24.2 Å². The molecule has 0 aromatic heterocycles. The molecule has 0 aliphatic rings. The molecule has 0 aromatic carbocycles. The summed E-state index contributed by atoms with van der Waals surface area (Å²) in [5.74, 6) is -1.03. The van der Waals surface area contributed by atoms with Gasteiger partial charge in [0, 0.05) is 5.57 Å². The van der Waals surface area contributed by atoms with E-state index < -0.39 is 18.0 Å². The predicted octanol–water partition coefficient (Wildman–Crippen LogP) is 0.420. The van der Waals surface area contributed by atoms with Gasteiger partial charge in [0.25, 0.3) is 0 Å². The zero-order valence-corrected chi connectivity index (χ0v) is 8.99. The standard InChI is InChI=1S/C10H16O5/c1-7(2)10(13)15-5-4-14-9(12)6-8(3)11/h8,11H,1,4-6H2,2-3H3. The molecule has 0 spiro atoms. The van der Waals surface area contributed by atoms with Crippen molar-refractivity contribution in [1.29, 1.82) is 0 Å². The average molecular weight is 216 g/mol. The first-order valence-corrected chi connectivity index (χ1v) is 4.59. The van der Waals surface area contributed by atoms with Crippen molar-refractivity contribution in [3.8, 4) is 0 Å². The Balaban J connectivity index is 3.50. The van der Waals surface area contributed by atoms with E-state index in [2.05, 4.69) is 16.1 Å². The van der Waals surface area contributed by atoms with E-state index in [1.165, 1.54) is 13.8 Å². The minimum absolute atomic E-state index is 0.00274. The fourth-order valence-electron chi connectivity index (χ4n) is 0.713. The number of rotatable bonds is 6. The molecule has 0 heterocycles. The summed E-state index contributed by atoms with van der Waals surface area (Å²) < 4.78 is 9.36. The summed E-state index contributed by atoms with van der Waals surface area (Å²) >= 11 is 0. The van der Waals surface area contributed by atoms with Crippen molar-refractivity contribution in [3.05, 3.63) is 12.2 Å². The zero-order valence-electron chi connectivity index (χ0n) is 8.99. The highest BCUT2D eigenvalue weighted by Crippen LogP contribution is 1.94. The minimum Gasteiger partial charge on any atom is -0.462 e. The Labute approximate surface area is 88.7 Å². The van der Waals surface area contributed by atoms with E-state index in [-0.39, 0.29) is 19.6 Å². The molecule has 0 radical (unpaired) electrons. The van der Waals surface area contributed by atoms with Crippen LogP contribution in [0, 0.1) is 0 Å². The van der Waals surface area contributed by atoms with Gasteiger partial charge in [-0.2, -0.15) is 0 Å². The molecule has 0 aliphatic heterocycles. The molecule has 0 aromatic rings. The minimum atomic E-state index is -0.726. The van der Waals surface area contributed by atoms with Crippen LogP contribution in [0.2, 0.25) is 0 Å². The highest BCUT2D eigenvalue weighted by atomic mass is 16.6. The maximum atomic E-state index is 10.9. The molecule has 5 heteroatoms. The molecule has 1 unspecified atom stereocenters. The number of aliphatic hydroxyl groups excluding tert-OH is 1. The number of esters is 2. The third-order valence-corrected chi connectivity index (χ3v) is 1.39. The van der Waals surface area contributed by atoms with Gasteiger partial charge in [0.1, 0.15) is 13.2 Å². The van der Waals surface area contributed by atoms with Crippen LogP contribution in [-0.2, 0) is 19.1 Å². The highest BCUT2D eigenvalue weighted by Gasteiger charge is 2.07. The summed E-state index contributed by atoms with van der Waals surface area (Å²) in [6.45, 7) is 6.40. The first kappa shape index (κ1) is 13.6. The summed E-state index contributed by atoms with van der Waals surface area (Å²) in [6, 6.07) is 0. The molecular weight excluding hydrogens is 200 g/mol. The van der Waals surface area contributed by atoms with Crippen LogP contribution in [0.5, 0.6) is 0 Å². The summed E-state index contributed by atoms with van der Waals surface area (Å²) in [7, 11) is 0. The third kappa shape index (κ3) is 7.69. The fourth-order valence-corrected chi connectivity index (χ4v) is 0.713. The van der Waals surface area contributed by atoms with E-state index in [9.17, 15) is 9.59 Å². The van der Waals surface area contributed by atoms with E-state index in [1.54, 1.807) is 0 Å². The first-order chi connectivity index (χ1) is 6.93. The Morgan fingerprint density at radius 3 is 2.33 bits per heavy atom. The van der Waals surface area contributed by atoms with Gasteiger partial charge in [0.05, 0.1) is 12.5 Å². The lowest BCUT2D eigenvalue weighted by Crippen LogP contribution is -2.17. The van der Waals surface area contributed by atoms with E-state index in [1.807, 2.05) is 0 Å². The van der Waals surface area contributed by atoms with Gasteiger partial charge in [-0.05, 0) is 13.8 Å². The lowest BCUT2D eigenvalue weighted by Gasteiger charge is -2.06. The molecular formula is C10H16O5. The topological polar surface area (TPSA) is 72.8 Å². The first-order valence-electron chi connectivity index (χ1n) is 4.59. The van der Waals surface area contributed by atoms with E-state index >= 15 is 0 Å². The molecule has 5 nitrogen and oxygen atoms in total. The number of hydrogen-bond donors (Lipinski definition) is 1. The van der Waals surface area contributed by atoms with Gasteiger partial charge < -0.3 is 14.6 Å². The van der Waals surface area contributed by atoms with Crippen LogP contribution in [0.4, 0.5) is 0 Å². The smallest absolute Gasteiger partial charge is 0.333 e. The Hall–Kier alpha value is -1.36. The van der Waals surface area contributed by atoms with E-state index in [0.29, 0.717) is 5.57 Å². The molecule has 1 atom stereocenters. The summed E-state index contributed by atoms with van der Waals surface area (Å²) in [4.78, 5) is 21.8. The second kappa shape index (κ2) is 7.00.